The second-order valence-corrected chi connectivity index (χ2v) is 5.83. The maximum Gasteiger partial charge on any atom is 0.230 e. The maximum absolute atomic E-state index is 12.2. The first kappa shape index (κ1) is 13.1. The van der Waals surface area contributed by atoms with Gasteiger partial charge in [0.05, 0.1) is 0 Å². The number of terminal acetylenes is 1. The Morgan fingerprint density at radius 3 is 2.28 bits per heavy atom. The standard InChI is InChI=1S/C15H21NO2/c1-3-7-12(2)16-13(17)10-15(11-14(16)18)8-5-4-6-9-15/h1,12H,4-11H2,2H3. The predicted molar refractivity (Wildman–Crippen MR) is 69.5 cm³/mol. The van der Waals surface area contributed by atoms with Crippen molar-refractivity contribution in [3.8, 4) is 12.3 Å². The molecule has 1 saturated heterocycles. The first-order valence-electron chi connectivity index (χ1n) is 6.86. The number of piperidine rings is 1. The second kappa shape index (κ2) is 5.14. The molecule has 98 valence electrons. The first-order valence-corrected chi connectivity index (χ1v) is 6.86. The fourth-order valence-electron chi connectivity index (χ4n) is 3.42. The normalized spacial score (nSPS) is 25.0. The topological polar surface area (TPSA) is 37.4 Å². The zero-order chi connectivity index (χ0) is 13.2. The van der Waals surface area contributed by atoms with Crippen LogP contribution in [0.2, 0.25) is 0 Å². The smallest absolute Gasteiger partial charge is 0.230 e. The summed E-state index contributed by atoms with van der Waals surface area (Å²) < 4.78 is 0. The third kappa shape index (κ3) is 2.43. The number of carbonyl (C=O) groups excluding carboxylic acids is 2. The monoisotopic (exact) mass is 247 g/mol. The minimum Gasteiger partial charge on any atom is -0.279 e. The predicted octanol–water partition coefficient (Wildman–Crippen LogP) is 2.50. The highest BCUT2D eigenvalue weighted by Crippen LogP contribution is 2.45. The van der Waals surface area contributed by atoms with Gasteiger partial charge in [0.25, 0.3) is 0 Å². The van der Waals surface area contributed by atoms with Crippen LogP contribution in [-0.2, 0) is 9.59 Å². The Bertz CT molecular complexity index is 368. The zero-order valence-electron chi connectivity index (χ0n) is 11.1. The number of hydrogen-bond acceptors (Lipinski definition) is 2. The molecule has 1 saturated carbocycles. The molecule has 1 spiro atoms. The lowest BCUT2D eigenvalue weighted by Gasteiger charge is -2.43. The molecule has 0 aromatic rings. The van der Waals surface area contributed by atoms with E-state index in [0.717, 1.165) is 25.7 Å². The quantitative estimate of drug-likeness (QED) is 0.555. The van der Waals surface area contributed by atoms with Gasteiger partial charge in [-0.05, 0) is 25.2 Å². The molecule has 1 atom stereocenters. The Morgan fingerprint density at radius 2 is 1.78 bits per heavy atom. The number of carbonyl (C=O) groups is 2. The largest absolute Gasteiger partial charge is 0.279 e. The van der Waals surface area contributed by atoms with Crippen LogP contribution in [0.4, 0.5) is 0 Å². The van der Waals surface area contributed by atoms with Gasteiger partial charge < -0.3 is 0 Å². The summed E-state index contributed by atoms with van der Waals surface area (Å²) in [7, 11) is 0. The fraction of sp³-hybridized carbons (Fsp3) is 0.733. The summed E-state index contributed by atoms with van der Waals surface area (Å²) in [5.41, 5.74) is -0.0290. The van der Waals surface area contributed by atoms with Gasteiger partial charge >= 0.3 is 0 Å². The molecule has 0 N–H and O–H groups in total. The van der Waals surface area contributed by atoms with Crippen LogP contribution in [0.25, 0.3) is 0 Å². The molecule has 0 aromatic heterocycles. The van der Waals surface area contributed by atoms with E-state index in [4.69, 9.17) is 6.42 Å². The van der Waals surface area contributed by atoms with Gasteiger partial charge in [-0.15, -0.1) is 12.3 Å². The van der Waals surface area contributed by atoms with Crippen LogP contribution in [0, 0.1) is 17.8 Å². The van der Waals surface area contributed by atoms with E-state index in [2.05, 4.69) is 5.92 Å². The molecule has 0 aromatic carbocycles. The molecule has 0 radical (unpaired) electrons. The molecule has 2 rings (SSSR count). The number of imide groups is 1. The van der Waals surface area contributed by atoms with Crippen molar-refractivity contribution in [2.24, 2.45) is 5.41 Å². The minimum atomic E-state index is -0.157. The van der Waals surface area contributed by atoms with Gasteiger partial charge in [-0.25, -0.2) is 0 Å². The van der Waals surface area contributed by atoms with Crippen LogP contribution in [-0.4, -0.2) is 22.8 Å². The lowest BCUT2D eigenvalue weighted by molar-refractivity contribution is -0.157. The molecule has 1 aliphatic heterocycles. The number of likely N-dealkylation sites (tertiary alicyclic amines) is 1. The van der Waals surface area contributed by atoms with E-state index in [0.29, 0.717) is 19.3 Å². The Morgan fingerprint density at radius 1 is 1.22 bits per heavy atom. The van der Waals surface area contributed by atoms with E-state index >= 15 is 0 Å². The second-order valence-electron chi connectivity index (χ2n) is 5.83. The van der Waals surface area contributed by atoms with E-state index in [1.165, 1.54) is 11.3 Å². The SMILES string of the molecule is C#CCC(C)N1C(=O)CC2(CCCCC2)CC1=O. The third-order valence-electron chi connectivity index (χ3n) is 4.36. The molecule has 0 bridgehead atoms. The molecule has 1 heterocycles. The van der Waals surface area contributed by atoms with Gasteiger partial charge in [0.2, 0.25) is 11.8 Å². The van der Waals surface area contributed by atoms with Crippen LogP contribution in [0.5, 0.6) is 0 Å². The summed E-state index contributed by atoms with van der Waals surface area (Å²) in [6, 6.07) is -0.157. The van der Waals surface area contributed by atoms with Crippen LogP contribution in [0.15, 0.2) is 0 Å². The van der Waals surface area contributed by atoms with E-state index in [1.807, 2.05) is 6.92 Å². The van der Waals surface area contributed by atoms with Crippen molar-refractivity contribution in [1.29, 1.82) is 0 Å². The molecule has 2 aliphatic rings. The Labute approximate surface area is 109 Å². The summed E-state index contributed by atoms with van der Waals surface area (Å²) in [4.78, 5) is 25.9. The molecule has 1 unspecified atom stereocenters. The van der Waals surface area contributed by atoms with E-state index in [-0.39, 0.29) is 23.3 Å². The van der Waals surface area contributed by atoms with Crippen LogP contribution in [0.3, 0.4) is 0 Å². The van der Waals surface area contributed by atoms with Gasteiger partial charge in [0.1, 0.15) is 0 Å². The van der Waals surface area contributed by atoms with E-state index in [1.54, 1.807) is 0 Å². The molecule has 2 amide bonds. The molecular weight excluding hydrogens is 226 g/mol. The highest BCUT2D eigenvalue weighted by atomic mass is 16.2. The fourth-order valence-corrected chi connectivity index (χ4v) is 3.42. The highest BCUT2D eigenvalue weighted by molar-refractivity contribution is 5.99. The number of amides is 2. The van der Waals surface area contributed by atoms with Crippen molar-refractivity contribution < 1.29 is 9.59 Å². The molecular formula is C15H21NO2. The van der Waals surface area contributed by atoms with Crippen molar-refractivity contribution in [2.45, 2.75) is 64.3 Å². The van der Waals surface area contributed by atoms with Gasteiger partial charge in [0.15, 0.2) is 0 Å². The first-order chi connectivity index (χ1) is 8.58. The van der Waals surface area contributed by atoms with Crippen LogP contribution < -0.4 is 0 Å². The lowest BCUT2D eigenvalue weighted by atomic mass is 9.67. The van der Waals surface area contributed by atoms with E-state index < -0.39 is 0 Å². The molecule has 3 nitrogen and oxygen atoms in total. The average molecular weight is 247 g/mol. The Kier molecular flexibility index (Phi) is 3.75. The lowest BCUT2D eigenvalue weighted by Crippen LogP contribution is -2.52. The molecule has 1 aliphatic carbocycles. The van der Waals surface area contributed by atoms with Gasteiger partial charge in [-0.3, -0.25) is 14.5 Å². The van der Waals surface area contributed by atoms with Crippen molar-refractivity contribution in [2.75, 3.05) is 0 Å². The minimum absolute atomic E-state index is 0.0177. The van der Waals surface area contributed by atoms with Crippen molar-refractivity contribution in [1.82, 2.24) is 4.90 Å². The zero-order valence-corrected chi connectivity index (χ0v) is 11.1. The third-order valence-corrected chi connectivity index (χ3v) is 4.36. The summed E-state index contributed by atoms with van der Waals surface area (Å²) in [6.07, 6.45) is 12.4. The van der Waals surface area contributed by atoms with Crippen molar-refractivity contribution in [3.63, 3.8) is 0 Å². The number of hydrogen-bond donors (Lipinski definition) is 0. The number of rotatable bonds is 2. The average Bonchev–Trinajstić information content (AvgIpc) is 2.28. The van der Waals surface area contributed by atoms with Gasteiger partial charge in [-0.2, -0.15) is 0 Å². The molecule has 18 heavy (non-hydrogen) atoms. The van der Waals surface area contributed by atoms with Crippen molar-refractivity contribution in [3.05, 3.63) is 0 Å². The maximum atomic E-state index is 12.2. The van der Waals surface area contributed by atoms with E-state index in [9.17, 15) is 9.59 Å². The molecule has 2 fully saturated rings. The Hall–Kier alpha value is -1.30. The number of nitrogens with zero attached hydrogens (tertiary/aromatic N) is 1. The van der Waals surface area contributed by atoms with Crippen molar-refractivity contribution >= 4 is 11.8 Å². The van der Waals surface area contributed by atoms with Crippen LogP contribution in [0.1, 0.15) is 58.3 Å². The summed E-state index contributed by atoms with van der Waals surface area (Å²) in [6.45, 7) is 1.86. The van der Waals surface area contributed by atoms with Gasteiger partial charge in [0, 0.05) is 25.3 Å². The summed E-state index contributed by atoms with van der Waals surface area (Å²) in [5.74, 6) is 2.50. The molecule has 3 heteroatoms. The summed E-state index contributed by atoms with van der Waals surface area (Å²) in [5, 5.41) is 0. The highest BCUT2D eigenvalue weighted by Gasteiger charge is 2.44. The Balaban J connectivity index is 2.10. The van der Waals surface area contributed by atoms with Crippen LogP contribution >= 0.6 is 0 Å². The summed E-state index contributed by atoms with van der Waals surface area (Å²) >= 11 is 0. The van der Waals surface area contributed by atoms with Gasteiger partial charge in [-0.1, -0.05) is 19.3 Å².